The van der Waals surface area contributed by atoms with E-state index in [9.17, 15) is 9.50 Å². The number of likely N-dealkylation sites (N-methyl/N-ethyl adjacent to an activating group) is 1. The van der Waals surface area contributed by atoms with Gasteiger partial charge in [-0.15, -0.1) is 0 Å². The Hall–Kier alpha value is -2.71. The van der Waals surface area contributed by atoms with E-state index in [0.29, 0.717) is 12.1 Å². The number of rotatable bonds is 4. The largest absolute Gasteiger partial charge is 0.392 e. The Morgan fingerprint density at radius 2 is 2.12 bits per heavy atom. The Kier molecular flexibility index (Phi) is 6.70. The summed E-state index contributed by atoms with van der Waals surface area (Å²) in [6.45, 7) is 7.20. The highest BCUT2D eigenvalue weighted by Crippen LogP contribution is 2.32. The summed E-state index contributed by atoms with van der Waals surface area (Å²) in [5.74, 6) is 0.773. The lowest BCUT2D eigenvalue weighted by Crippen LogP contribution is -2.37. The highest BCUT2D eigenvalue weighted by molar-refractivity contribution is 5.77. The number of aliphatic hydroxyl groups is 1. The van der Waals surface area contributed by atoms with Crippen molar-refractivity contribution < 1.29 is 9.50 Å². The maximum absolute atomic E-state index is 13.6. The number of hydrazine groups is 1. The normalized spacial score (nSPS) is 27.0. The lowest BCUT2D eigenvalue weighted by molar-refractivity contribution is 0.325. The molecule has 0 aliphatic carbocycles. The molecule has 6 rings (SSSR count). The van der Waals surface area contributed by atoms with Crippen LogP contribution >= 0.6 is 0 Å². The third kappa shape index (κ3) is 4.49. The van der Waals surface area contributed by atoms with Crippen LogP contribution in [0.4, 0.5) is 4.39 Å². The molecule has 6 nitrogen and oxygen atoms in total. The number of aliphatic hydroxyl groups excluding tert-OH is 1. The van der Waals surface area contributed by atoms with Gasteiger partial charge in [-0.25, -0.2) is 9.82 Å². The molecule has 180 valence electrons. The van der Waals surface area contributed by atoms with Gasteiger partial charge in [0.05, 0.1) is 12.3 Å². The molecule has 3 unspecified atom stereocenters. The number of piperidine rings is 1. The molecular formula is C27H34FN5O. The fraction of sp³-hybridized carbons (Fsp3) is 0.407. The summed E-state index contributed by atoms with van der Waals surface area (Å²) in [5.41, 5.74) is 9.88. The molecule has 34 heavy (non-hydrogen) atoms. The van der Waals surface area contributed by atoms with Crippen LogP contribution in [0.1, 0.15) is 17.5 Å². The zero-order valence-electron chi connectivity index (χ0n) is 19.9. The first-order chi connectivity index (χ1) is 16.6. The lowest BCUT2D eigenvalue weighted by atomic mass is 9.94. The summed E-state index contributed by atoms with van der Waals surface area (Å²) in [5, 5.41) is 18.2. The van der Waals surface area contributed by atoms with Crippen molar-refractivity contribution >= 4 is 5.70 Å². The van der Waals surface area contributed by atoms with Crippen LogP contribution in [0.25, 0.3) is 5.70 Å². The van der Waals surface area contributed by atoms with Gasteiger partial charge in [0.15, 0.2) is 0 Å². The number of dihydropyridines is 1. The van der Waals surface area contributed by atoms with E-state index in [4.69, 9.17) is 0 Å². The number of aryl methyl sites for hydroxylation is 1. The summed E-state index contributed by atoms with van der Waals surface area (Å²) in [7, 11) is 2.08. The van der Waals surface area contributed by atoms with Crippen molar-refractivity contribution in [1.29, 1.82) is 0 Å². The number of nitrogens with one attached hydrogen (secondary N) is 3. The highest BCUT2D eigenvalue weighted by Gasteiger charge is 2.36. The van der Waals surface area contributed by atoms with E-state index >= 15 is 0 Å². The van der Waals surface area contributed by atoms with Gasteiger partial charge in [0.2, 0.25) is 0 Å². The van der Waals surface area contributed by atoms with Crippen LogP contribution in [0.2, 0.25) is 0 Å². The van der Waals surface area contributed by atoms with E-state index in [1.54, 1.807) is 13.0 Å². The maximum Gasteiger partial charge on any atom is 0.126 e. The SMILES string of the molecule is CNC1CN2CCC1C2.Cc1cc(C2=C(C3=CC4=C(CO)CNN4C=C3)C=CCN2)ccc1F. The molecule has 0 spiro atoms. The smallest absolute Gasteiger partial charge is 0.126 e. The van der Waals surface area contributed by atoms with Crippen LogP contribution in [0.5, 0.6) is 0 Å². The molecule has 2 saturated heterocycles. The molecule has 0 radical (unpaired) electrons. The average Bonchev–Trinajstić information content (AvgIpc) is 3.61. The standard InChI is InChI=1S/C20H20FN3O.C7H14N2/c1-13-9-15(4-5-18(13)21)20-17(3-2-7-22-20)14-6-8-24-19(10-14)16(12-25)11-23-24;1-8-7-5-9-3-2-6(7)4-9/h2-6,8-10,22-23,25H,7,11-12H2,1H3;6-8H,2-5H2,1H3. The van der Waals surface area contributed by atoms with Crippen molar-refractivity contribution in [2.45, 2.75) is 19.4 Å². The number of nitrogens with zero attached hydrogens (tertiary/aromatic N) is 2. The zero-order valence-corrected chi connectivity index (χ0v) is 19.9. The van der Waals surface area contributed by atoms with Crippen molar-refractivity contribution in [1.82, 2.24) is 26.0 Å². The summed E-state index contributed by atoms with van der Waals surface area (Å²) in [6, 6.07) is 5.98. The van der Waals surface area contributed by atoms with Gasteiger partial charge in [-0.05, 0) is 85.5 Å². The number of halogens is 1. The number of fused-ring (bicyclic) bond motifs is 3. The number of hydrogen-bond acceptors (Lipinski definition) is 6. The monoisotopic (exact) mass is 463 g/mol. The quantitative estimate of drug-likeness (QED) is 0.550. The fourth-order valence-electron chi connectivity index (χ4n) is 5.41. The molecule has 5 aliphatic heterocycles. The van der Waals surface area contributed by atoms with Crippen LogP contribution in [-0.2, 0) is 0 Å². The summed E-state index contributed by atoms with van der Waals surface area (Å²) < 4.78 is 13.6. The second kappa shape index (κ2) is 9.88. The molecule has 0 amide bonds. The second-order valence-corrected chi connectivity index (χ2v) is 9.51. The van der Waals surface area contributed by atoms with Crippen LogP contribution in [0.15, 0.2) is 71.1 Å². The topological polar surface area (TPSA) is 62.8 Å². The minimum atomic E-state index is -0.195. The molecule has 0 aromatic heterocycles. The molecule has 3 atom stereocenters. The molecule has 2 bridgehead atoms. The molecule has 1 aromatic carbocycles. The predicted octanol–water partition coefficient (Wildman–Crippen LogP) is 2.43. The van der Waals surface area contributed by atoms with Crippen LogP contribution in [-0.4, -0.2) is 67.4 Å². The van der Waals surface area contributed by atoms with E-state index in [-0.39, 0.29) is 12.4 Å². The van der Waals surface area contributed by atoms with E-state index in [2.05, 4.69) is 46.2 Å². The van der Waals surface area contributed by atoms with Gasteiger partial charge in [-0.2, -0.15) is 0 Å². The Morgan fingerprint density at radius 1 is 1.24 bits per heavy atom. The van der Waals surface area contributed by atoms with E-state index < -0.39 is 0 Å². The summed E-state index contributed by atoms with van der Waals surface area (Å²) in [4.78, 5) is 2.55. The van der Waals surface area contributed by atoms with Gasteiger partial charge >= 0.3 is 0 Å². The molecule has 5 aliphatic rings. The predicted molar refractivity (Wildman–Crippen MR) is 134 cm³/mol. The third-order valence-corrected chi connectivity index (χ3v) is 7.38. The molecular weight excluding hydrogens is 429 g/mol. The Balaban J connectivity index is 0.000000222. The Morgan fingerprint density at radius 3 is 2.79 bits per heavy atom. The van der Waals surface area contributed by atoms with Gasteiger partial charge in [0.25, 0.3) is 0 Å². The first kappa shape index (κ1) is 23.1. The molecule has 4 N–H and O–H groups in total. The first-order valence-corrected chi connectivity index (χ1v) is 12.1. The van der Waals surface area contributed by atoms with Crippen LogP contribution in [0.3, 0.4) is 0 Å². The number of hydrogen-bond donors (Lipinski definition) is 4. The van der Waals surface area contributed by atoms with Gasteiger partial charge in [-0.3, -0.25) is 5.01 Å². The second-order valence-electron chi connectivity index (χ2n) is 9.51. The fourth-order valence-corrected chi connectivity index (χ4v) is 5.41. The Bertz CT molecular complexity index is 1100. The first-order valence-electron chi connectivity index (χ1n) is 12.1. The van der Waals surface area contributed by atoms with Crippen molar-refractivity contribution in [2.75, 3.05) is 46.4 Å². The highest BCUT2D eigenvalue weighted by atomic mass is 19.1. The Labute approximate surface area is 201 Å². The van der Waals surface area contributed by atoms with Crippen molar-refractivity contribution in [3.8, 4) is 0 Å². The van der Waals surface area contributed by atoms with Crippen LogP contribution < -0.4 is 16.1 Å². The molecule has 2 fully saturated rings. The van der Waals surface area contributed by atoms with Gasteiger partial charge in [-0.1, -0.05) is 12.2 Å². The minimum Gasteiger partial charge on any atom is -0.392 e. The minimum absolute atomic E-state index is 0.0353. The van der Waals surface area contributed by atoms with Gasteiger partial charge in [0.1, 0.15) is 5.82 Å². The van der Waals surface area contributed by atoms with E-state index in [1.165, 1.54) is 32.1 Å². The van der Waals surface area contributed by atoms with Gasteiger partial charge in [0, 0.05) is 49.7 Å². The third-order valence-electron chi connectivity index (χ3n) is 7.38. The summed E-state index contributed by atoms with van der Waals surface area (Å²) >= 11 is 0. The van der Waals surface area contributed by atoms with Crippen molar-refractivity contribution in [3.63, 3.8) is 0 Å². The number of benzene rings is 1. The van der Waals surface area contributed by atoms with E-state index in [1.807, 2.05) is 23.4 Å². The van der Waals surface area contributed by atoms with Gasteiger partial charge < -0.3 is 20.6 Å². The molecule has 5 heterocycles. The molecule has 1 aromatic rings. The van der Waals surface area contributed by atoms with Crippen molar-refractivity contribution in [2.24, 2.45) is 5.92 Å². The maximum atomic E-state index is 13.6. The number of allylic oxidation sites excluding steroid dienone is 5. The van der Waals surface area contributed by atoms with Crippen molar-refractivity contribution in [3.05, 3.63) is 88.1 Å². The summed E-state index contributed by atoms with van der Waals surface area (Å²) in [6.07, 6.45) is 11.7. The molecule has 0 saturated carbocycles. The van der Waals surface area contributed by atoms with E-state index in [0.717, 1.165) is 52.2 Å². The molecule has 7 heteroatoms. The lowest BCUT2D eigenvalue weighted by Gasteiger charge is -2.24. The van der Waals surface area contributed by atoms with Crippen LogP contribution in [0, 0.1) is 18.7 Å². The zero-order chi connectivity index (χ0) is 23.7. The average molecular weight is 464 g/mol.